The number of anilines is 3. The third-order valence-electron chi connectivity index (χ3n) is 3.73. The third-order valence-corrected chi connectivity index (χ3v) is 3.73. The zero-order valence-electron chi connectivity index (χ0n) is 14.9. The molecule has 3 N–H and O–H groups in total. The van der Waals surface area contributed by atoms with E-state index in [1.165, 1.54) is 5.56 Å². The Labute approximate surface area is 161 Å². The van der Waals surface area contributed by atoms with Crippen LogP contribution in [0.2, 0.25) is 0 Å². The van der Waals surface area contributed by atoms with Crippen LogP contribution in [-0.4, -0.2) is 15.0 Å². The lowest BCUT2D eigenvalue weighted by molar-refractivity contribution is 0.243. The molecule has 3 aromatic rings. The maximum atomic E-state index is 13.5. The second-order valence-electron chi connectivity index (χ2n) is 5.86. The molecule has 0 aliphatic carbocycles. The Bertz CT molecular complexity index is 998. The van der Waals surface area contributed by atoms with Crippen molar-refractivity contribution in [2.75, 3.05) is 11.1 Å². The van der Waals surface area contributed by atoms with Gasteiger partial charge in [0.1, 0.15) is 18.0 Å². The number of rotatable bonds is 3. The van der Waals surface area contributed by atoms with Crippen molar-refractivity contribution < 1.29 is 26.7 Å². The number of hydrogen-bond acceptors (Lipinski definition) is 6. The second-order valence-corrected chi connectivity index (χ2v) is 5.86. The lowest BCUT2D eigenvalue weighted by Crippen LogP contribution is -2.10. The van der Waals surface area contributed by atoms with E-state index in [0.29, 0.717) is 0 Å². The monoisotopic (exact) mass is 411 g/mol. The van der Waals surface area contributed by atoms with Crippen LogP contribution in [-0.2, 0) is 6.61 Å². The number of ether oxygens (including phenoxy) is 1. The number of hydrogen-bond donors (Lipinski definition) is 2. The molecule has 4 rings (SSSR count). The molecule has 0 spiro atoms. The van der Waals surface area contributed by atoms with Crippen LogP contribution in [0.1, 0.15) is 24.5 Å². The Morgan fingerprint density at radius 2 is 1.69 bits per heavy atom. The highest BCUT2D eigenvalue weighted by Crippen LogP contribution is 2.28. The fourth-order valence-corrected chi connectivity index (χ4v) is 2.28. The van der Waals surface area contributed by atoms with E-state index in [-0.39, 0.29) is 6.07 Å². The Kier molecular flexibility index (Phi) is 5.76. The van der Waals surface area contributed by atoms with Crippen LogP contribution in [0, 0.1) is 23.3 Å². The molecule has 29 heavy (non-hydrogen) atoms. The molecule has 0 fully saturated rings. The predicted octanol–water partition coefficient (Wildman–Crippen LogP) is 4.36. The standard InChI is InChI=1S/C11H8F5N5.C7H6O/c1-3(12)9-19-10(17)21-11(20-9)18-8-6(15)4(13)2-5(14)7(8)16;1-2-4-7-6(3-1)5-8-7/h2-3H,1H3,(H3,17,18,19,20,21);1-4H,5H2. The van der Waals surface area contributed by atoms with Gasteiger partial charge in [0, 0.05) is 11.6 Å². The van der Waals surface area contributed by atoms with Gasteiger partial charge < -0.3 is 15.8 Å². The number of fused-ring (bicyclic) bond motifs is 1. The van der Waals surface area contributed by atoms with Crippen molar-refractivity contribution in [3.8, 4) is 5.75 Å². The number of nitrogens with one attached hydrogen (secondary N) is 1. The molecule has 152 valence electrons. The van der Waals surface area contributed by atoms with Gasteiger partial charge in [0.15, 0.2) is 35.3 Å². The van der Waals surface area contributed by atoms with Gasteiger partial charge in [-0.2, -0.15) is 15.0 Å². The van der Waals surface area contributed by atoms with Gasteiger partial charge in [-0.1, -0.05) is 18.2 Å². The number of nitrogens with zero attached hydrogens (tertiary/aromatic N) is 3. The quantitative estimate of drug-likeness (QED) is 0.492. The highest BCUT2D eigenvalue weighted by atomic mass is 19.2. The average molecular weight is 411 g/mol. The molecule has 1 unspecified atom stereocenters. The van der Waals surface area contributed by atoms with Crippen LogP contribution >= 0.6 is 0 Å². The highest BCUT2D eigenvalue weighted by molar-refractivity contribution is 5.56. The van der Waals surface area contributed by atoms with E-state index >= 15 is 0 Å². The van der Waals surface area contributed by atoms with Gasteiger partial charge in [-0.25, -0.2) is 22.0 Å². The Morgan fingerprint density at radius 1 is 1.03 bits per heavy atom. The maximum absolute atomic E-state index is 13.5. The molecule has 2 aromatic carbocycles. The van der Waals surface area contributed by atoms with Gasteiger partial charge in [0.25, 0.3) is 0 Å². The van der Waals surface area contributed by atoms with Crippen molar-refractivity contribution in [3.05, 3.63) is 65.0 Å². The highest BCUT2D eigenvalue weighted by Gasteiger charge is 2.21. The molecule has 0 radical (unpaired) electrons. The van der Waals surface area contributed by atoms with E-state index < -0.39 is 52.8 Å². The van der Waals surface area contributed by atoms with Crippen molar-refractivity contribution in [2.45, 2.75) is 19.7 Å². The van der Waals surface area contributed by atoms with Crippen LogP contribution in [0.3, 0.4) is 0 Å². The van der Waals surface area contributed by atoms with Crippen molar-refractivity contribution in [1.82, 2.24) is 15.0 Å². The molecule has 0 saturated heterocycles. The smallest absolute Gasteiger partial charge is 0.232 e. The minimum Gasteiger partial charge on any atom is -0.488 e. The summed E-state index contributed by atoms with van der Waals surface area (Å²) in [5.74, 6) is -6.91. The van der Waals surface area contributed by atoms with E-state index in [1.54, 1.807) is 0 Å². The first-order valence-corrected chi connectivity index (χ1v) is 8.22. The predicted molar refractivity (Wildman–Crippen MR) is 94.1 cm³/mol. The van der Waals surface area contributed by atoms with Crippen molar-refractivity contribution >= 4 is 17.6 Å². The Hall–Kier alpha value is -3.50. The summed E-state index contributed by atoms with van der Waals surface area (Å²) < 4.78 is 71.2. The van der Waals surface area contributed by atoms with E-state index in [1.807, 2.05) is 23.5 Å². The zero-order valence-corrected chi connectivity index (χ0v) is 14.9. The second kappa shape index (κ2) is 8.25. The lowest BCUT2D eigenvalue weighted by Gasteiger charge is -2.18. The number of benzene rings is 2. The molecule has 1 aliphatic heterocycles. The van der Waals surface area contributed by atoms with Gasteiger partial charge in [-0.15, -0.1) is 0 Å². The van der Waals surface area contributed by atoms with Crippen LogP contribution < -0.4 is 15.8 Å². The van der Waals surface area contributed by atoms with Gasteiger partial charge in [-0.05, 0) is 13.0 Å². The summed E-state index contributed by atoms with van der Waals surface area (Å²) in [4.78, 5) is 10.4. The first kappa shape index (κ1) is 20.2. The molecule has 1 aromatic heterocycles. The summed E-state index contributed by atoms with van der Waals surface area (Å²) in [5.41, 5.74) is 5.45. The molecule has 0 amide bonds. The molecular weight excluding hydrogens is 397 g/mol. The largest absolute Gasteiger partial charge is 0.488 e. The third kappa shape index (κ3) is 4.50. The topological polar surface area (TPSA) is 86.0 Å². The number of nitrogens with two attached hydrogens (primary N) is 1. The molecule has 1 atom stereocenters. The maximum Gasteiger partial charge on any atom is 0.232 e. The first-order chi connectivity index (χ1) is 13.8. The normalized spacial score (nSPS) is 12.6. The van der Waals surface area contributed by atoms with Gasteiger partial charge >= 0.3 is 0 Å². The molecule has 0 bridgehead atoms. The molecule has 11 heteroatoms. The van der Waals surface area contributed by atoms with Crippen molar-refractivity contribution in [3.63, 3.8) is 0 Å². The van der Waals surface area contributed by atoms with E-state index in [0.717, 1.165) is 19.3 Å². The number of alkyl halides is 1. The van der Waals surface area contributed by atoms with Gasteiger partial charge in [0.2, 0.25) is 11.9 Å². The summed E-state index contributed by atoms with van der Waals surface area (Å²) in [7, 11) is 0. The molecule has 2 heterocycles. The number of aromatic nitrogens is 3. The van der Waals surface area contributed by atoms with Crippen LogP contribution in [0.25, 0.3) is 0 Å². The van der Waals surface area contributed by atoms with E-state index in [9.17, 15) is 22.0 Å². The van der Waals surface area contributed by atoms with Gasteiger partial charge in [0.05, 0.1) is 0 Å². The van der Waals surface area contributed by atoms with Crippen LogP contribution in [0.5, 0.6) is 5.75 Å². The zero-order chi connectivity index (χ0) is 21.1. The van der Waals surface area contributed by atoms with E-state index in [2.05, 4.69) is 21.0 Å². The molecule has 0 saturated carbocycles. The number of halogens is 5. The Balaban J connectivity index is 0.000000246. The van der Waals surface area contributed by atoms with E-state index in [4.69, 9.17) is 10.5 Å². The summed E-state index contributed by atoms with van der Waals surface area (Å²) in [6.07, 6.45) is -1.63. The first-order valence-electron chi connectivity index (χ1n) is 8.22. The van der Waals surface area contributed by atoms with Gasteiger partial charge in [-0.3, -0.25) is 0 Å². The number of nitrogen functional groups attached to an aromatic ring is 1. The molecular formula is C18H14F5N5O. The number of para-hydroxylation sites is 1. The fourth-order valence-electron chi connectivity index (χ4n) is 2.28. The molecule has 1 aliphatic rings. The van der Waals surface area contributed by atoms with Crippen molar-refractivity contribution in [2.24, 2.45) is 0 Å². The lowest BCUT2D eigenvalue weighted by atomic mass is 10.1. The fraction of sp³-hybridized carbons (Fsp3) is 0.167. The summed E-state index contributed by atoms with van der Waals surface area (Å²) >= 11 is 0. The summed E-state index contributed by atoms with van der Waals surface area (Å²) in [5, 5.41) is 1.92. The minimum absolute atomic E-state index is 0.0483. The molecule has 6 nitrogen and oxygen atoms in total. The average Bonchev–Trinajstić information content (AvgIpc) is 2.65. The van der Waals surface area contributed by atoms with Crippen LogP contribution in [0.4, 0.5) is 39.5 Å². The summed E-state index contributed by atoms with van der Waals surface area (Å²) in [6.45, 7) is 1.90. The van der Waals surface area contributed by atoms with Crippen molar-refractivity contribution in [1.29, 1.82) is 0 Å². The minimum atomic E-state index is -1.68. The Morgan fingerprint density at radius 3 is 2.17 bits per heavy atom. The summed E-state index contributed by atoms with van der Waals surface area (Å²) in [6, 6.07) is 8.13. The SMILES string of the molecule is CC(F)c1nc(N)nc(Nc2c(F)c(F)cc(F)c2F)n1.c1ccc2c(c1)CO2. The van der Waals surface area contributed by atoms with Crippen LogP contribution in [0.15, 0.2) is 30.3 Å².